The molecule has 2 heterocycles. The second-order valence-corrected chi connectivity index (χ2v) is 5.97. The molecule has 130 valence electrons. The molecule has 24 heavy (non-hydrogen) atoms. The SMILES string of the molecule is CC(N1CCOCC1)C(O)(Cn1cncn1)c1ccc(F)cc1F. The van der Waals surface area contributed by atoms with Crippen molar-refractivity contribution in [3.05, 3.63) is 48.1 Å². The Morgan fingerprint density at radius 2 is 2.08 bits per heavy atom. The van der Waals surface area contributed by atoms with Crippen LogP contribution in [0, 0.1) is 11.6 Å². The number of ether oxygens (including phenoxy) is 1. The minimum Gasteiger partial charge on any atom is -0.381 e. The Morgan fingerprint density at radius 3 is 2.71 bits per heavy atom. The summed E-state index contributed by atoms with van der Waals surface area (Å²) in [5.41, 5.74) is -1.55. The maximum Gasteiger partial charge on any atom is 0.137 e. The van der Waals surface area contributed by atoms with Gasteiger partial charge in [0.2, 0.25) is 0 Å². The number of nitrogens with zero attached hydrogens (tertiary/aromatic N) is 4. The number of halogens is 2. The van der Waals surface area contributed by atoms with Crippen LogP contribution in [0.1, 0.15) is 12.5 Å². The third kappa shape index (κ3) is 3.31. The van der Waals surface area contributed by atoms with Gasteiger partial charge in [0.05, 0.1) is 19.8 Å². The van der Waals surface area contributed by atoms with Gasteiger partial charge in [-0.1, -0.05) is 6.07 Å². The number of rotatable bonds is 5. The Morgan fingerprint density at radius 1 is 1.33 bits per heavy atom. The normalized spacial score (nSPS) is 19.8. The molecule has 1 aliphatic heterocycles. The Labute approximate surface area is 138 Å². The zero-order valence-corrected chi connectivity index (χ0v) is 13.4. The Balaban J connectivity index is 1.98. The second-order valence-electron chi connectivity index (χ2n) is 5.97. The van der Waals surface area contributed by atoms with Crippen molar-refractivity contribution < 1.29 is 18.6 Å². The average Bonchev–Trinajstić information content (AvgIpc) is 3.07. The van der Waals surface area contributed by atoms with Gasteiger partial charge in [0.1, 0.15) is 29.9 Å². The summed E-state index contributed by atoms with van der Waals surface area (Å²) >= 11 is 0. The smallest absolute Gasteiger partial charge is 0.137 e. The molecule has 3 rings (SSSR count). The topological polar surface area (TPSA) is 63.4 Å². The maximum atomic E-state index is 14.4. The summed E-state index contributed by atoms with van der Waals surface area (Å²) < 4.78 is 34.5. The van der Waals surface area contributed by atoms with Gasteiger partial charge in [-0.05, 0) is 13.0 Å². The lowest BCUT2D eigenvalue weighted by atomic mass is 9.85. The maximum absolute atomic E-state index is 14.4. The van der Waals surface area contributed by atoms with Crippen molar-refractivity contribution in [1.29, 1.82) is 0 Å². The van der Waals surface area contributed by atoms with E-state index in [0.29, 0.717) is 26.3 Å². The summed E-state index contributed by atoms with van der Waals surface area (Å²) in [6.45, 7) is 4.19. The molecule has 6 nitrogen and oxygen atoms in total. The summed E-state index contributed by atoms with van der Waals surface area (Å²) in [7, 11) is 0. The minimum absolute atomic E-state index is 0.00801. The fourth-order valence-electron chi connectivity index (χ4n) is 3.11. The predicted octanol–water partition coefficient (Wildman–Crippen LogP) is 1.16. The molecule has 2 atom stereocenters. The van der Waals surface area contributed by atoms with Gasteiger partial charge in [-0.25, -0.2) is 18.4 Å². The van der Waals surface area contributed by atoms with Gasteiger partial charge in [-0.3, -0.25) is 4.90 Å². The highest BCUT2D eigenvalue weighted by Gasteiger charge is 2.42. The van der Waals surface area contributed by atoms with Gasteiger partial charge >= 0.3 is 0 Å². The third-order valence-electron chi connectivity index (χ3n) is 4.55. The van der Waals surface area contributed by atoms with E-state index in [1.807, 2.05) is 11.8 Å². The van der Waals surface area contributed by atoms with E-state index in [0.717, 1.165) is 12.1 Å². The molecule has 0 saturated carbocycles. The first-order chi connectivity index (χ1) is 11.5. The van der Waals surface area contributed by atoms with Crippen LogP contribution in [0.2, 0.25) is 0 Å². The van der Waals surface area contributed by atoms with E-state index in [2.05, 4.69) is 10.1 Å². The molecule has 1 aromatic heterocycles. The van der Waals surface area contributed by atoms with Crippen molar-refractivity contribution in [2.24, 2.45) is 0 Å². The number of hydrogen-bond donors (Lipinski definition) is 1. The molecule has 0 spiro atoms. The minimum atomic E-state index is -1.59. The number of hydrogen-bond acceptors (Lipinski definition) is 5. The van der Waals surface area contributed by atoms with Crippen molar-refractivity contribution in [3.63, 3.8) is 0 Å². The summed E-state index contributed by atoms with van der Waals surface area (Å²) in [5, 5.41) is 15.4. The van der Waals surface area contributed by atoms with Crippen LogP contribution in [0.25, 0.3) is 0 Å². The van der Waals surface area contributed by atoms with Gasteiger partial charge in [-0.2, -0.15) is 5.10 Å². The van der Waals surface area contributed by atoms with E-state index in [4.69, 9.17) is 4.74 Å². The highest BCUT2D eigenvalue weighted by Crippen LogP contribution is 2.33. The van der Waals surface area contributed by atoms with Crippen molar-refractivity contribution >= 4 is 0 Å². The molecular formula is C16H20F2N4O2. The van der Waals surface area contributed by atoms with Crippen molar-refractivity contribution in [2.75, 3.05) is 26.3 Å². The van der Waals surface area contributed by atoms with Crippen LogP contribution in [0.4, 0.5) is 8.78 Å². The monoisotopic (exact) mass is 338 g/mol. The molecular weight excluding hydrogens is 318 g/mol. The van der Waals surface area contributed by atoms with Gasteiger partial charge in [-0.15, -0.1) is 0 Å². The highest BCUT2D eigenvalue weighted by atomic mass is 19.1. The first-order valence-corrected chi connectivity index (χ1v) is 7.83. The molecule has 1 N–H and O–H groups in total. The Kier molecular flexibility index (Phi) is 4.88. The van der Waals surface area contributed by atoms with Crippen LogP contribution in [-0.2, 0) is 16.9 Å². The largest absolute Gasteiger partial charge is 0.381 e. The van der Waals surface area contributed by atoms with Crippen LogP contribution in [0.5, 0.6) is 0 Å². The van der Waals surface area contributed by atoms with Gasteiger partial charge in [0, 0.05) is 30.8 Å². The van der Waals surface area contributed by atoms with Gasteiger partial charge in [0.25, 0.3) is 0 Å². The van der Waals surface area contributed by atoms with E-state index in [1.54, 1.807) is 0 Å². The van der Waals surface area contributed by atoms with Crippen LogP contribution < -0.4 is 0 Å². The average molecular weight is 338 g/mol. The van der Waals surface area contributed by atoms with E-state index in [-0.39, 0.29) is 12.1 Å². The number of aliphatic hydroxyl groups is 1. The van der Waals surface area contributed by atoms with Crippen molar-refractivity contribution in [1.82, 2.24) is 19.7 Å². The predicted molar refractivity (Wildman–Crippen MR) is 82.1 cm³/mol. The molecule has 1 aromatic carbocycles. The zero-order chi connectivity index (χ0) is 17.2. The van der Waals surface area contributed by atoms with Crippen LogP contribution in [-0.4, -0.2) is 57.1 Å². The Bertz CT molecular complexity index is 677. The number of aromatic nitrogens is 3. The van der Waals surface area contributed by atoms with E-state index < -0.39 is 23.3 Å². The lowest BCUT2D eigenvalue weighted by Gasteiger charge is -2.42. The lowest BCUT2D eigenvalue weighted by Crippen LogP contribution is -2.54. The molecule has 0 aliphatic carbocycles. The van der Waals surface area contributed by atoms with Crippen LogP contribution >= 0.6 is 0 Å². The van der Waals surface area contributed by atoms with E-state index >= 15 is 0 Å². The molecule has 2 unspecified atom stereocenters. The zero-order valence-electron chi connectivity index (χ0n) is 13.4. The first kappa shape index (κ1) is 16.9. The van der Waals surface area contributed by atoms with Crippen LogP contribution in [0.15, 0.2) is 30.9 Å². The van der Waals surface area contributed by atoms with Crippen molar-refractivity contribution in [2.45, 2.75) is 25.1 Å². The summed E-state index contributed by atoms with van der Waals surface area (Å²) in [5.74, 6) is -1.46. The highest BCUT2D eigenvalue weighted by molar-refractivity contribution is 5.27. The van der Waals surface area contributed by atoms with E-state index in [1.165, 1.54) is 23.4 Å². The summed E-state index contributed by atoms with van der Waals surface area (Å²) in [6.07, 6.45) is 2.80. The molecule has 1 saturated heterocycles. The standard InChI is InChI=1S/C16H20F2N4O2/c1-12(21-4-6-24-7-5-21)16(23,9-22-11-19-10-20-22)14-3-2-13(17)8-15(14)18/h2-3,8,10-12,23H,4-7,9H2,1H3. The number of morpholine rings is 1. The lowest BCUT2D eigenvalue weighted by molar-refractivity contribution is -0.0876. The van der Waals surface area contributed by atoms with Crippen LogP contribution in [0.3, 0.4) is 0 Å². The van der Waals surface area contributed by atoms with Gasteiger partial charge < -0.3 is 9.84 Å². The van der Waals surface area contributed by atoms with E-state index in [9.17, 15) is 13.9 Å². The van der Waals surface area contributed by atoms with Crippen molar-refractivity contribution in [3.8, 4) is 0 Å². The van der Waals surface area contributed by atoms with Gasteiger partial charge in [0.15, 0.2) is 0 Å². The molecule has 0 bridgehead atoms. The Hall–Kier alpha value is -1.90. The first-order valence-electron chi connectivity index (χ1n) is 7.83. The second kappa shape index (κ2) is 6.92. The molecule has 1 fully saturated rings. The fourth-order valence-corrected chi connectivity index (χ4v) is 3.11. The molecule has 8 heteroatoms. The molecule has 2 aromatic rings. The fraction of sp³-hybridized carbons (Fsp3) is 0.500. The quantitative estimate of drug-likeness (QED) is 0.887. The number of benzene rings is 1. The summed E-state index contributed by atoms with van der Waals surface area (Å²) in [4.78, 5) is 5.89. The molecule has 0 amide bonds. The molecule has 0 radical (unpaired) electrons. The summed E-state index contributed by atoms with van der Waals surface area (Å²) in [6, 6.07) is 2.80. The molecule has 1 aliphatic rings. The third-order valence-corrected chi connectivity index (χ3v) is 4.55.